The minimum atomic E-state index is -1.07. The van der Waals surface area contributed by atoms with Gasteiger partial charge in [0.25, 0.3) is 5.91 Å². The van der Waals surface area contributed by atoms with Crippen molar-refractivity contribution in [2.45, 2.75) is 13.8 Å². The van der Waals surface area contributed by atoms with Crippen LogP contribution >= 0.6 is 0 Å². The molecule has 3 aromatic rings. The maximum absolute atomic E-state index is 12.5. The summed E-state index contributed by atoms with van der Waals surface area (Å²) in [7, 11) is 0. The van der Waals surface area contributed by atoms with E-state index in [4.69, 9.17) is 4.42 Å². The van der Waals surface area contributed by atoms with Gasteiger partial charge in [-0.2, -0.15) is 5.26 Å². The number of nitrogens with one attached hydrogen (secondary N) is 1. The van der Waals surface area contributed by atoms with Crippen LogP contribution in [0.4, 0.5) is 5.69 Å². The van der Waals surface area contributed by atoms with Crippen LogP contribution in [-0.2, 0) is 4.79 Å². The number of furan rings is 1. The lowest BCUT2D eigenvalue weighted by molar-refractivity contribution is -0.112. The lowest BCUT2D eigenvalue weighted by Gasteiger charge is -2.08. The molecule has 0 aliphatic carbocycles. The molecule has 6 heteroatoms. The third-order valence-electron chi connectivity index (χ3n) is 4.33. The first kappa shape index (κ1) is 19.6. The van der Waals surface area contributed by atoms with Gasteiger partial charge < -0.3 is 14.8 Å². The molecule has 0 bridgehead atoms. The number of nitriles is 1. The van der Waals surface area contributed by atoms with E-state index in [1.54, 1.807) is 36.4 Å². The highest BCUT2D eigenvalue weighted by Crippen LogP contribution is 2.27. The number of anilines is 1. The Balaban J connectivity index is 1.86. The number of hydrogen-bond donors (Lipinski definition) is 2. The molecular formula is C23H18N2O4. The van der Waals surface area contributed by atoms with Crippen molar-refractivity contribution in [3.8, 4) is 17.4 Å². The average Bonchev–Trinajstić information content (AvgIpc) is 3.16. The fourth-order valence-corrected chi connectivity index (χ4v) is 2.89. The number of benzene rings is 2. The second-order valence-corrected chi connectivity index (χ2v) is 6.50. The minimum absolute atomic E-state index is 0.102. The molecule has 0 fully saturated rings. The van der Waals surface area contributed by atoms with E-state index in [9.17, 15) is 20.0 Å². The smallest absolute Gasteiger partial charge is 0.336 e. The third-order valence-corrected chi connectivity index (χ3v) is 4.33. The van der Waals surface area contributed by atoms with Crippen molar-refractivity contribution in [3.05, 3.63) is 82.6 Å². The lowest BCUT2D eigenvalue weighted by atomic mass is 10.1. The van der Waals surface area contributed by atoms with Gasteiger partial charge in [-0.15, -0.1) is 0 Å². The Morgan fingerprint density at radius 3 is 2.55 bits per heavy atom. The number of nitrogens with zero attached hydrogens (tertiary/aromatic N) is 1. The van der Waals surface area contributed by atoms with Gasteiger partial charge in [-0.3, -0.25) is 4.79 Å². The van der Waals surface area contributed by atoms with Gasteiger partial charge in [0, 0.05) is 17.3 Å². The molecule has 0 saturated heterocycles. The van der Waals surface area contributed by atoms with Crippen LogP contribution in [0.15, 0.2) is 64.6 Å². The van der Waals surface area contributed by atoms with E-state index in [1.165, 1.54) is 12.1 Å². The average molecular weight is 386 g/mol. The summed E-state index contributed by atoms with van der Waals surface area (Å²) < 4.78 is 5.66. The van der Waals surface area contributed by atoms with Gasteiger partial charge in [0.1, 0.15) is 23.2 Å². The second-order valence-electron chi connectivity index (χ2n) is 6.50. The summed E-state index contributed by atoms with van der Waals surface area (Å²) >= 11 is 0. The molecule has 0 radical (unpaired) electrons. The van der Waals surface area contributed by atoms with Gasteiger partial charge in [-0.25, -0.2) is 4.79 Å². The van der Waals surface area contributed by atoms with Crippen LogP contribution in [0.5, 0.6) is 0 Å². The van der Waals surface area contributed by atoms with Gasteiger partial charge >= 0.3 is 5.97 Å². The Morgan fingerprint density at radius 2 is 1.86 bits per heavy atom. The van der Waals surface area contributed by atoms with Crippen molar-refractivity contribution in [1.29, 1.82) is 5.26 Å². The lowest BCUT2D eigenvalue weighted by Crippen LogP contribution is -2.14. The normalized spacial score (nSPS) is 11.0. The number of carbonyl (C=O) groups is 2. The predicted octanol–water partition coefficient (Wildman–Crippen LogP) is 4.81. The van der Waals surface area contributed by atoms with Crippen molar-refractivity contribution in [3.63, 3.8) is 0 Å². The Morgan fingerprint density at radius 1 is 1.10 bits per heavy atom. The van der Waals surface area contributed by atoms with Gasteiger partial charge in [-0.1, -0.05) is 35.9 Å². The number of carboxylic acid groups (broad SMARTS) is 1. The summed E-state index contributed by atoms with van der Waals surface area (Å²) in [5.41, 5.74) is 2.97. The summed E-state index contributed by atoms with van der Waals surface area (Å²) in [6.45, 7) is 3.83. The molecule has 0 aliphatic rings. The maximum Gasteiger partial charge on any atom is 0.336 e. The van der Waals surface area contributed by atoms with E-state index in [2.05, 4.69) is 5.32 Å². The van der Waals surface area contributed by atoms with Crippen LogP contribution in [0, 0.1) is 25.2 Å². The zero-order chi connectivity index (χ0) is 21.0. The van der Waals surface area contributed by atoms with Crippen molar-refractivity contribution in [1.82, 2.24) is 0 Å². The molecule has 6 nitrogen and oxygen atoms in total. The number of amides is 1. The van der Waals surface area contributed by atoms with E-state index in [0.29, 0.717) is 17.0 Å². The van der Waals surface area contributed by atoms with E-state index in [0.717, 1.165) is 11.1 Å². The third kappa shape index (κ3) is 4.42. The molecule has 2 aromatic carbocycles. The summed E-state index contributed by atoms with van der Waals surface area (Å²) in [5, 5.41) is 21.4. The van der Waals surface area contributed by atoms with E-state index in [-0.39, 0.29) is 16.9 Å². The van der Waals surface area contributed by atoms with Crippen molar-refractivity contribution >= 4 is 23.6 Å². The monoisotopic (exact) mass is 386 g/mol. The highest BCUT2D eigenvalue weighted by Gasteiger charge is 2.15. The fraction of sp³-hybridized carbons (Fsp3) is 0.0870. The molecular weight excluding hydrogens is 368 g/mol. The molecule has 1 amide bonds. The van der Waals surface area contributed by atoms with Crippen molar-refractivity contribution < 1.29 is 19.1 Å². The van der Waals surface area contributed by atoms with Crippen LogP contribution in [0.3, 0.4) is 0 Å². The minimum Gasteiger partial charge on any atom is -0.478 e. The zero-order valence-corrected chi connectivity index (χ0v) is 15.9. The fourth-order valence-electron chi connectivity index (χ4n) is 2.89. The first-order valence-corrected chi connectivity index (χ1v) is 8.82. The SMILES string of the molecule is Cc1ccc(NC(=O)/C(C#N)=C/c2ccc(-c3ccccc3C(=O)O)o2)c(C)c1. The standard InChI is InChI=1S/C23H18N2O4/c1-14-7-9-20(15(2)11-14)25-22(26)16(13-24)12-17-8-10-21(29-17)18-5-3-4-6-19(18)23(27)28/h3-12H,1-2H3,(H,25,26)(H,27,28)/b16-12+. The summed E-state index contributed by atoms with van der Waals surface area (Å²) in [4.78, 5) is 23.9. The van der Waals surface area contributed by atoms with Gasteiger partial charge in [0.05, 0.1) is 5.56 Å². The number of aromatic carboxylic acids is 1. The number of rotatable bonds is 5. The largest absolute Gasteiger partial charge is 0.478 e. The Kier molecular flexibility index (Phi) is 5.61. The van der Waals surface area contributed by atoms with E-state index < -0.39 is 11.9 Å². The topological polar surface area (TPSA) is 103 Å². The molecule has 0 aliphatic heterocycles. The van der Waals surface area contributed by atoms with E-state index >= 15 is 0 Å². The van der Waals surface area contributed by atoms with Crippen molar-refractivity contribution in [2.75, 3.05) is 5.32 Å². The van der Waals surface area contributed by atoms with Crippen LogP contribution in [0.1, 0.15) is 27.2 Å². The molecule has 3 rings (SSSR count). The zero-order valence-electron chi connectivity index (χ0n) is 15.9. The Bertz CT molecular complexity index is 1170. The number of aryl methyl sites for hydroxylation is 2. The molecule has 29 heavy (non-hydrogen) atoms. The van der Waals surface area contributed by atoms with Crippen LogP contribution in [0.2, 0.25) is 0 Å². The Hall–Kier alpha value is -4.11. The van der Waals surface area contributed by atoms with Crippen molar-refractivity contribution in [2.24, 2.45) is 0 Å². The van der Waals surface area contributed by atoms with Crippen LogP contribution in [0.25, 0.3) is 17.4 Å². The first-order valence-electron chi connectivity index (χ1n) is 8.82. The molecule has 0 spiro atoms. The van der Waals surface area contributed by atoms with E-state index in [1.807, 2.05) is 32.0 Å². The molecule has 0 unspecified atom stereocenters. The summed E-state index contributed by atoms with van der Waals surface area (Å²) in [6, 6.07) is 17.1. The number of hydrogen-bond acceptors (Lipinski definition) is 4. The van der Waals surface area contributed by atoms with Gasteiger partial charge in [-0.05, 0) is 43.7 Å². The molecule has 1 heterocycles. The number of carbonyl (C=O) groups excluding carboxylic acids is 1. The summed E-state index contributed by atoms with van der Waals surface area (Å²) in [6.07, 6.45) is 1.33. The predicted molar refractivity (Wildman–Crippen MR) is 109 cm³/mol. The molecule has 1 aromatic heterocycles. The highest BCUT2D eigenvalue weighted by molar-refractivity contribution is 6.09. The molecule has 144 valence electrons. The molecule has 0 atom stereocenters. The first-order chi connectivity index (χ1) is 13.9. The van der Waals surface area contributed by atoms with Gasteiger partial charge in [0.2, 0.25) is 0 Å². The molecule has 0 saturated carbocycles. The van der Waals surface area contributed by atoms with Crippen LogP contribution in [-0.4, -0.2) is 17.0 Å². The number of carboxylic acids is 1. The van der Waals surface area contributed by atoms with Crippen LogP contribution < -0.4 is 5.32 Å². The molecule has 2 N–H and O–H groups in total. The Labute approximate surface area is 167 Å². The summed E-state index contributed by atoms with van der Waals surface area (Å²) in [5.74, 6) is -1.02. The maximum atomic E-state index is 12.5. The highest BCUT2D eigenvalue weighted by atomic mass is 16.4. The second kappa shape index (κ2) is 8.28. The van der Waals surface area contributed by atoms with Gasteiger partial charge in [0.15, 0.2) is 0 Å². The quantitative estimate of drug-likeness (QED) is 0.484.